The molecule has 0 atom stereocenters. The minimum Gasteiger partial charge on any atom is -0.548 e. The van der Waals surface area contributed by atoms with Crippen LogP contribution in [0.5, 0.6) is 11.5 Å². The van der Waals surface area contributed by atoms with E-state index in [1.807, 2.05) is 6.92 Å². The predicted octanol–water partition coefficient (Wildman–Crippen LogP) is 0.0535. The number of ether oxygens (including phenoxy) is 2. The minimum atomic E-state index is -1.29. The lowest BCUT2D eigenvalue weighted by Crippen LogP contribution is -2.28. The van der Waals surface area contributed by atoms with Crippen LogP contribution in [0.15, 0.2) is 30.9 Å². The molecule has 0 amide bonds. The largest absolute Gasteiger partial charge is 0.548 e. The SMILES string of the molecule is C=CCOc1ccc(-c2nnn(CC(=O)[O-])n2)cc1OCC. The molecule has 0 spiro atoms. The summed E-state index contributed by atoms with van der Waals surface area (Å²) in [5, 5.41) is 21.9. The molecule has 0 aliphatic heterocycles. The lowest BCUT2D eigenvalue weighted by molar-refractivity contribution is -0.307. The number of tetrazole rings is 1. The Morgan fingerprint density at radius 2 is 2.23 bits per heavy atom. The maximum absolute atomic E-state index is 10.5. The first-order valence-electron chi connectivity index (χ1n) is 6.62. The molecule has 0 aliphatic carbocycles. The number of carbonyl (C=O) groups is 1. The number of carbonyl (C=O) groups excluding carboxylic acids is 1. The van der Waals surface area contributed by atoms with E-state index >= 15 is 0 Å². The van der Waals surface area contributed by atoms with Crippen LogP contribution >= 0.6 is 0 Å². The molecule has 22 heavy (non-hydrogen) atoms. The summed E-state index contributed by atoms with van der Waals surface area (Å²) >= 11 is 0. The van der Waals surface area contributed by atoms with Crippen LogP contribution in [0.3, 0.4) is 0 Å². The highest BCUT2D eigenvalue weighted by Gasteiger charge is 2.11. The van der Waals surface area contributed by atoms with E-state index in [9.17, 15) is 9.90 Å². The molecule has 116 valence electrons. The van der Waals surface area contributed by atoms with E-state index in [1.165, 1.54) is 0 Å². The van der Waals surface area contributed by atoms with Crippen LogP contribution in [0.2, 0.25) is 0 Å². The fourth-order valence-electron chi connectivity index (χ4n) is 1.72. The van der Waals surface area contributed by atoms with E-state index in [4.69, 9.17) is 9.47 Å². The van der Waals surface area contributed by atoms with Crippen LogP contribution in [-0.2, 0) is 11.3 Å². The van der Waals surface area contributed by atoms with Crippen molar-refractivity contribution in [3.8, 4) is 22.9 Å². The van der Waals surface area contributed by atoms with Gasteiger partial charge in [0.1, 0.15) is 13.2 Å². The molecule has 0 bridgehead atoms. The molecule has 0 unspecified atom stereocenters. The molecule has 0 fully saturated rings. The zero-order valence-electron chi connectivity index (χ0n) is 12.1. The first-order chi connectivity index (χ1) is 10.6. The number of rotatable bonds is 8. The predicted molar refractivity (Wildman–Crippen MR) is 75.1 cm³/mol. The van der Waals surface area contributed by atoms with Crippen molar-refractivity contribution in [2.75, 3.05) is 13.2 Å². The monoisotopic (exact) mass is 303 g/mol. The Hall–Kier alpha value is -2.90. The Kier molecular flexibility index (Phi) is 5.07. The summed E-state index contributed by atoms with van der Waals surface area (Å²) in [4.78, 5) is 11.5. The van der Waals surface area contributed by atoms with Crippen molar-refractivity contribution in [2.45, 2.75) is 13.5 Å². The number of hydrogen-bond donors (Lipinski definition) is 0. The molecular weight excluding hydrogens is 288 g/mol. The van der Waals surface area contributed by atoms with Gasteiger partial charge < -0.3 is 19.4 Å². The van der Waals surface area contributed by atoms with Gasteiger partial charge in [0.2, 0.25) is 5.82 Å². The molecule has 8 heteroatoms. The van der Waals surface area contributed by atoms with Gasteiger partial charge in [-0.1, -0.05) is 12.7 Å². The molecule has 0 radical (unpaired) electrons. The second kappa shape index (κ2) is 7.21. The fraction of sp³-hybridized carbons (Fsp3) is 0.286. The topological polar surface area (TPSA) is 102 Å². The van der Waals surface area contributed by atoms with E-state index in [0.717, 1.165) is 4.80 Å². The van der Waals surface area contributed by atoms with Crippen molar-refractivity contribution in [1.82, 2.24) is 20.2 Å². The average Bonchev–Trinajstić information content (AvgIpc) is 2.94. The van der Waals surface area contributed by atoms with Gasteiger partial charge in [0.25, 0.3) is 0 Å². The van der Waals surface area contributed by atoms with E-state index in [-0.39, 0.29) is 5.82 Å². The summed E-state index contributed by atoms with van der Waals surface area (Å²) in [6, 6.07) is 5.17. The van der Waals surface area contributed by atoms with Crippen molar-refractivity contribution in [1.29, 1.82) is 0 Å². The van der Waals surface area contributed by atoms with Gasteiger partial charge in [0.05, 0.1) is 12.6 Å². The zero-order valence-corrected chi connectivity index (χ0v) is 12.1. The van der Waals surface area contributed by atoms with Gasteiger partial charge in [-0.25, -0.2) is 0 Å². The van der Waals surface area contributed by atoms with Gasteiger partial charge in [-0.2, -0.15) is 4.80 Å². The van der Waals surface area contributed by atoms with Crippen molar-refractivity contribution in [3.05, 3.63) is 30.9 Å². The maximum atomic E-state index is 10.5. The van der Waals surface area contributed by atoms with Crippen molar-refractivity contribution in [3.63, 3.8) is 0 Å². The molecule has 0 saturated carbocycles. The van der Waals surface area contributed by atoms with Gasteiger partial charge in [-0.05, 0) is 30.3 Å². The van der Waals surface area contributed by atoms with Gasteiger partial charge in [0, 0.05) is 5.56 Å². The van der Waals surface area contributed by atoms with Crippen LogP contribution in [0.1, 0.15) is 6.92 Å². The Labute approximate surface area is 127 Å². The highest BCUT2D eigenvalue weighted by atomic mass is 16.5. The van der Waals surface area contributed by atoms with Gasteiger partial charge >= 0.3 is 0 Å². The first kappa shape index (κ1) is 15.5. The molecule has 0 saturated heterocycles. The third-order valence-electron chi connectivity index (χ3n) is 2.58. The maximum Gasteiger partial charge on any atom is 0.205 e. The van der Waals surface area contributed by atoms with Gasteiger partial charge in [0.15, 0.2) is 11.5 Å². The molecule has 1 heterocycles. The first-order valence-corrected chi connectivity index (χ1v) is 6.62. The third-order valence-corrected chi connectivity index (χ3v) is 2.58. The lowest BCUT2D eigenvalue weighted by atomic mass is 10.2. The van der Waals surface area contributed by atoms with E-state index < -0.39 is 12.5 Å². The third kappa shape index (κ3) is 3.81. The molecule has 1 aromatic carbocycles. The van der Waals surface area contributed by atoms with Gasteiger partial charge in [-0.3, -0.25) is 0 Å². The standard InChI is InChI=1S/C14H16N4O4/c1-3-7-22-11-6-5-10(8-12(11)21-4-2)14-15-17-18(16-14)9-13(19)20/h3,5-6,8H,1,4,7,9H2,2H3,(H,19,20)/p-1. The Bertz CT molecular complexity index is 669. The molecule has 0 aliphatic rings. The van der Waals surface area contributed by atoms with Crippen LogP contribution < -0.4 is 14.6 Å². The van der Waals surface area contributed by atoms with Crippen LogP contribution in [-0.4, -0.2) is 39.4 Å². The highest BCUT2D eigenvalue weighted by molar-refractivity contribution is 5.64. The number of aliphatic carboxylic acids is 1. The normalized spacial score (nSPS) is 10.2. The number of nitrogens with zero attached hydrogens (tertiary/aromatic N) is 4. The Morgan fingerprint density at radius 3 is 2.91 bits per heavy atom. The van der Waals surface area contributed by atoms with Crippen LogP contribution in [0.4, 0.5) is 0 Å². The van der Waals surface area contributed by atoms with E-state index in [0.29, 0.717) is 30.3 Å². The number of carboxylic acids is 1. The summed E-state index contributed by atoms with van der Waals surface area (Å²) < 4.78 is 11.0. The summed E-state index contributed by atoms with van der Waals surface area (Å²) in [7, 11) is 0. The highest BCUT2D eigenvalue weighted by Crippen LogP contribution is 2.31. The Balaban J connectivity index is 2.27. The molecule has 8 nitrogen and oxygen atoms in total. The van der Waals surface area contributed by atoms with Crippen LogP contribution in [0.25, 0.3) is 11.4 Å². The summed E-state index contributed by atoms with van der Waals surface area (Å²) in [5.74, 6) is 0.121. The smallest absolute Gasteiger partial charge is 0.205 e. The molecule has 2 rings (SSSR count). The zero-order chi connectivity index (χ0) is 15.9. The van der Waals surface area contributed by atoms with E-state index in [2.05, 4.69) is 22.0 Å². The van der Waals surface area contributed by atoms with Gasteiger partial charge in [-0.15, -0.1) is 10.2 Å². The Morgan fingerprint density at radius 1 is 1.41 bits per heavy atom. The minimum absolute atomic E-state index is 0.289. The van der Waals surface area contributed by atoms with Crippen molar-refractivity contribution >= 4 is 5.97 Å². The molecule has 1 aromatic heterocycles. The number of carboxylic acid groups (broad SMARTS) is 1. The molecule has 0 N–H and O–H groups in total. The quantitative estimate of drug-likeness (QED) is 0.635. The fourth-order valence-corrected chi connectivity index (χ4v) is 1.72. The summed E-state index contributed by atoms with van der Waals surface area (Å²) in [6.07, 6.45) is 1.64. The van der Waals surface area contributed by atoms with Crippen molar-refractivity contribution < 1.29 is 19.4 Å². The summed E-state index contributed by atoms with van der Waals surface area (Å²) in [5.41, 5.74) is 0.638. The van der Waals surface area contributed by atoms with Crippen LogP contribution in [0, 0.1) is 0 Å². The average molecular weight is 303 g/mol. The number of hydrogen-bond acceptors (Lipinski definition) is 7. The van der Waals surface area contributed by atoms with Crippen molar-refractivity contribution in [2.24, 2.45) is 0 Å². The summed E-state index contributed by atoms with van der Waals surface area (Å²) in [6.45, 7) is 5.83. The second-order valence-corrected chi connectivity index (χ2v) is 4.21. The lowest BCUT2D eigenvalue weighted by Gasteiger charge is -2.11. The van der Waals surface area contributed by atoms with E-state index in [1.54, 1.807) is 24.3 Å². The number of benzene rings is 1. The molecule has 2 aromatic rings. The number of aromatic nitrogens is 4. The molecular formula is C14H15N4O4-. The second-order valence-electron chi connectivity index (χ2n) is 4.21.